The topological polar surface area (TPSA) is 44.5 Å². The summed E-state index contributed by atoms with van der Waals surface area (Å²) in [6.07, 6.45) is 2.47. The number of nitrogens with zero attached hydrogens (tertiary/aromatic N) is 2. The van der Waals surface area contributed by atoms with E-state index in [0.29, 0.717) is 5.54 Å². The van der Waals surface area contributed by atoms with Crippen molar-refractivity contribution in [3.8, 4) is 0 Å². The lowest BCUT2D eigenvalue weighted by molar-refractivity contribution is 0.0746. The summed E-state index contributed by atoms with van der Waals surface area (Å²) in [5.74, 6) is 5.85. The SMILES string of the molecule is CN1CCC2(CC1)CN(N)CCN2. The number of nitrogens with one attached hydrogen (secondary N) is 1. The molecule has 4 heteroatoms. The van der Waals surface area contributed by atoms with Crippen molar-refractivity contribution < 1.29 is 0 Å². The van der Waals surface area contributed by atoms with E-state index in [9.17, 15) is 0 Å². The normalized spacial score (nSPS) is 30.9. The molecule has 0 radical (unpaired) electrons. The molecule has 2 heterocycles. The highest BCUT2D eigenvalue weighted by molar-refractivity contribution is 4.97. The van der Waals surface area contributed by atoms with Gasteiger partial charge in [0.05, 0.1) is 0 Å². The van der Waals surface area contributed by atoms with Crippen LogP contribution in [-0.2, 0) is 0 Å². The summed E-state index contributed by atoms with van der Waals surface area (Å²) in [5.41, 5.74) is 0.319. The van der Waals surface area contributed by atoms with Crippen LogP contribution in [0.4, 0.5) is 0 Å². The maximum Gasteiger partial charge on any atom is 0.0347 e. The second-order valence-electron chi connectivity index (χ2n) is 4.48. The van der Waals surface area contributed by atoms with Gasteiger partial charge in [-0.05, 0) is 33.0 Å². The molecular formula is C9H20N4. The standard InChI is InChI=1S/C9H20N4/c1-12-5-2-9(3-6-12)8-13(10)7-4-11-9/h11H,2-8,10H2,1H3. The van der Waals surface area contributed by atoms with Crippen molar-refractivity contribution in [2.75, 3.05) is 39.8 Å². The van der Waals surface area contributed by atoms with Crippen LogP contribution in [0.1, 0.15) is 12.8 Å². The minimum Gasteiger partial charge on any atom is -0.309 e. The lowest BCUT2D eigenvalue weighted by Crippen LogP contribution is -2.65. The average Bonchev–Trinajstić information content (AvgIpc) is 2.11. The third kappa shape index (κ3) is 2.02. The molecule has 2 saturated heterocycles. The molecule has 0 unspecified atom stereocenters. The fourth-order valence-corrected chi connectivity index (χ4v) is 2.37. The Hall–Kier alpha value is -0.160. The van der Waals surface area contributed by atoms with Crippen LogP contribution in [0.3, 0.4) is 0 Å². The molecule has 1 spiro atoms. The second kappa shape index (κ2) is 3.53. The van der Waals surface area contributed by atoms with Gasteiger partial charge in [0.1, 0.15) is 0 Å². The van der Waals surface area contributed by atoms with Crippen LogP contribution in [0, 0.1) is 0 Å². The Morgan fingerprint density at radius 3 is 2.54 bits per heavy atom. The van der Waals surface area contributed by atoms with Gasteiger partial charge in [-0.2, -0.15) is 0 Å². The summed E-state index contributed by atoms with van der Waals surface area (Å²) in [6, 6.07) is 0. The van der Waals surface area contributed by atoms with Gasteiger partial charge < -0.3 is 10.2 Å². The Labute approximate surface area is 80.0 Å². The molecule has 0 aliphatic carbocycles. The molecule has 0 aromatic heterocycles. The molecule has 4 nitrogen and oxygen atoms in total. The minimum absolute atomic E-state index is 0.319. The molecule has 0 aromatic carbocycles. The average molecular weight is 184 g/mol. The lowest BCUT2D eigenvalue weighted by atomic mass is 9.86. The van der Waals surface area contributed by atoms with E-state index in [0.717, 1.165) is 19.6 Å². The number of piperazine rings is 1. The lowest BCUT2D eigenvalue weighted by Gasteiger charge is -2.46. The van der Waals surface area contributed by atoms with Crippen LogP contribution in [0.15, 0.2) is 0 Å². The summed E-state index contributed by atoms with van der Waals surface area (Å²) in [4.78, 5) is 2.39. The zero-order valence-corrected chi connectivity index (χ0v) is 8.42. The van der Waals surface area contributed by atoms with E-state index in [1.807, 2.05) is 5.01 Å². The van der Waals surface area contributed by atoms with Gasteiger partial charge >= 0.3 is 0 Å². The van der Waals surface area contributed by atoms with E-state index in [2.05, 4.69) is 17.3 Å². The highest BCUT2D eigenvalue weighted by atomic mass is 15.4. The van der Waals surface area contributed by atoms with Gasteiger partial charge in [0.15, 0.2) is 0 Å². The predicted octanol–water partition coefficient (Wildman–Crippen LogP) is -0.770. The first-order chi connectivity index (χ1) is 6.20. The largest absolute Gasteiger partial charge is 0.309 e. The molecule has 2 aliphatic heterocycles. The van der Waals surface area contributed by atoms with Crippen molar-refractivity contribution in [3.05, 3.63) is 0 Å². The molecule has 2 fully saturated rings. The quantitative estimate of drug-likeness (QED) is 0.485. The highest BCUT2D eigenvalue weighted by Gasteiger charge is 2.36. The number of likely N-dealkylation sites (tertiary alicyclic amines) is 1. The molecule has 76 valence electrons. The first kappa shape index (κ1) is 9.40. The maximum absolute atomic E-state index is 5.85. The number of nitrogens with two attached hydrogens (primary N) is 1. The van der Waals surface area contributed by atoms with Gasteiger partial charge in [0, 0.05) is 25.2 Å². The van der Waals surface area contributed by atoms with Crippen molar-refractivity contribution >= 4 is 0 Å². The zero-order valence-electron chi connectivity index (χ0n) is 8.42. The van der Waals surface area contributed by atoms with E-state index >= 15 is 0 Å². The Balaban J connectivity index is 1.95. The highest BCUT2D eigenvalue weighted by Crippen LogP contribution is 2.23. The molecule has 0 amide bonds. The van der Waals surface area contributed by atoms with E-state index in [4.69, 9.17) is 5.84 Å². The molecule has 3 N–H and O–H groups in total. The van der Waals surface area contributed by atoms with E-state index in [1.165, 1.54) is 25.9 Å². The fraction of sp³-hybridized carbons (Fsp3) is 1.00. The van der Waals surface area contributed by atoms with Crippen LogP contribution >= 0.6 is 0 Å². The van der Waals surface area contributed by atoms with Crippen molar-refractivity contribution in [2.45, 2.75) is 18.4 Å². The number of hydrogen-bond donors (Lipinski definition) is 2. The summed E-state index contributed by atoms with van der Waals surface area (Å²) in [7, 11) is 2.19. The third-order valence-corrected chi connectivity index (χ3v) is 3.35. The fourth-order valence-electron chi connectivity index (χ4n) is 2.37. The predicted molar refractivity (Wildman–Crippen MR) is 53.2 cm³/mol. The summed E-state index contributed by atoms with van der Waals surface area (Å²) in [5, 5.41) is 5.60. The number of piperidine rings is 1. The Morgan fingerprint density at radius 2 is 1.92 bits per heavy atom. The van der Waals surface area contributed by atoms with Crippen LogP contribution in [0.2, 0.25) is 0 Å². The van der Waals surface area contributed by atoms with Gasteiger partial charge in [-0.1, -0.05) is 0 Å². The number of hydrogen-bond acceptors (Lipinski definition) is 4. The van der Waals surface area contributed by atoms with Crippen molar-refractivity contribution in [1.29, 1.82) is 0 Å². The molecule has 13 heavy (non-hydrogen) atoms. The third-order valence-electron chi connectivity index (χ3n) is 3.35. The molecule has 2 rings (SSSR count). The Bertz CT molecular complexity index is 174. The van der Waals surface area contributed by atoms with Gasteiger partial charge in [0.2, 0.25) is 0 Å². The summed E-state index contributed by atoms with van der Waals surface area (Å²) in [6.45, 7) is 5.43. The second-order valence-corrected chi connectivity index (χ2v) is 4.48. The number of hydrazine groups is 1. The van der Waals surface area contributed by atoms with Crippen molar-refractivity contribution in [3.63, 3.8) is 0 Å². The van der Waals surface area contributed by atoms with Crippen molar-refractivity contribution in [2.24, 2.45) is 5.84 Å². The van der Waals surface area contributed by atoms with E-state index < -0.39 is 0 Å². The molecular weight excluding hydrogens is 164 g/mol. The van der Waals surface area contributed by atoms with E-state index in [-0.39, 0.29) is 0 Å². The van der Waals surface area contributed by atoms with Gasteiger partial charge in [-0.15, -0.1) is 0 Å². The van der Waals surface area contributed by atoms with Crippen LogP contribution in [0.25, 0.3) is 0 Å². The van der Waals surface area contributed by atoms with Gasteiger partial charge in [-0.25, -0.2) is 5.01 Å². The van der Waals surface area contributed by atoms with Crippen LogP contribution in [-0.4, -0.2) is 55.2 Å². The Morgan fingerprint density at radius 1 is 1.23 bits per heavy atom. The molecule has 0 bridgehead atoms. The maximum atomic E-state index is 5.85. The first-order valence-electron chi connectivity index (χ1n) is 5.13. The monoisotopic (exact) mass is 184 g/mol. The zero-order chi connectivity index (χ0) is 9.31. The van der Waals surface area contributed by atoms with Crippen LogP contribution < -0.4 is 11.2 Å². The number of rotatable bonds is 0. The smallest absolute Gasteiger partial charge is 0.0347 e. The summed E-state index contributed by atoms with van der Waals surface area (Å²) >= 11 is 0. The van der Waals surface area contributed by atoms with Crippen LogP contribution in [0.5, 0.6) is 0 Å². The van der Waals surface area contributed by atoms with Gasteiger partial charge in [0.25, 0.3) is 0 Å². The molecule has 2 aliphatic rings. The first-order valence-corrected chi connectivity index (χ1v) is 5.13. The van der Waals surface area contributed by atoms with E-state index in [1.54, 1.807) is 0 Å². The van der Waals surface area contributed by atoms with Crippen molar-refractivity contribution in [1.82, 2.24) is 15.2 Å². The summed E-state index contributed by atoms with van der Waals surface area (Å²) < 4.78 is 0. The van der Waals surface area contributed by atoms with Gasteiger partial charge in [-0.3, -0.25) is 5.84 Å². The molecule has 0 saturated carbocycles. The Kier molecular flexibility index (Phi) is 2.55. The minimum atomic E-state index is 0.319. The molecule has 0 aromatic rings. The molecule has 0 atom stereocenters.